The third-order valence-electron chi connectivity index (χ3n) is 4.71. The van der Waals surface area contributed by atoms with E-state index in [-0.39, 0.29) is 16.2 Å². The number of para-hydroxylation sites is 1. The number of nitrogens with zero attached hydrogens (tertiary/aromatic N) is 2. The van der Waals surface area contributed by atoms with Crippen LogP contribution in [0.25, 0.3) is 28.1 Å². The second-order valence-corrected chi connectivity index (χ2v) is 9.21. The fraction of sp³-hybridized carbons (Fsp3) is 0.0455. The molecule has 0 aliphatic heterocycles. The van der Waals surface area contributed by atoms with Gasteiger partial charge in [-0.15, -0.1) is 0 Å². The minimum Gasteiger partial charge on any atom is -0.232 e. The lowest BCUT2D eigenvalue weighted by molar-refractivity contribution is 0.146. The lowest BCUT2D eigenvalue weighted by atomic mass is 9.98. The molecule has 0 spiro atoms. The maximum atomic E-state index is 14.1. The highest BCUT2D eigenvalue weighted by Gasteiger charge is 2.27. The van der Waals surface area contributed by atoms with E-state index in [1.54, 1.807) is 48.5 Å². The van der Waals surface area contributed by atoms with Crippen LogP contribution in [0.15, 0.2) is 88.2 Å². The zero-order valence-electron chi connectivity index (χ0n) is 15.9. The van der Waals surface area contributed by atoms with Gasteiger partial charge in [-0.3, -0.25) is 0 Å². The van der Waals surface area contributed by atoms with Crippen molar-refractivity contribution in [2.75, 3.05) is 0 Å². The summed E-state index contributed by atoms with van der Waals surface area (Å²) >= 11 is 3.36. The molecule has 0 saturated carbocycles. The van der Waals surface area contributed by atoms with Crippen molar-refractivity contribution in [2.24, 2.45) is 5.14 Å². The highest BCUT2D eigenvalue weighted by Crippen LogP contribution is 2.40. The molecule has 1 aromatic heterocycles. The van der Waals surface area contributed by atoms with Gasteiger partial charge in [0.1, 0.15) is 5.69 Å². The summed E-state index contributed by atoms with van der Waals surface area (Å²) < 4.78 is 53.7. The van der Waals surface area contributed by atoms with Gasteiger partial charge in [-0.1, -0.05) is 58.4 Å². The van der Waals surface area contributed by atoms with Crippen molar-refractivity contribution in [3.63, 3.8) is 0 Å². The van der Waals surface area contributed by atoms with Crippen LogP contribution >= 0.6 is 15.9 Å². The highest BCUT2D eigenvalue weighted by atomic mass is 79.9. The Kier molecular flexibility index (Phi) is 5.74. The van der Waals surface area contributed by atoms with Crippen LogP contribution < -0.4 is 5.14 Å². The molecule has 4 rings (SSSR count). The van der Waals surface area contributed by atoms with Crippen molar-refractivity contribution >= 4 is 26.0 Å². The average molecular weight is 504 g/mol. The third kappa shape index (κ3) is 4.30. The SMILES string of the molecule is NS(=O)(=O)c1ccc(-c2c(-c3ccc(Br)cc3)c(C(F)F)nn2-c2ccccc2)cc1. The number of hydrogen-bond donors (Lipinski definition) is 1. The van der Waals surface area contributed by atoms with E-state index < -0.39 is 16.4 Å². The summed E-state index contributed by atoms with van der Waals surface area (Å²) in [5.41, 5.74) is 2.01. The first-order valence-corrected chi connectivity index (χ1v) is 11.5. The van der Waals surface area contributed by atoms with Gasteiger partial charge in [0.2, 0.25) is 10.0 Å². The van der Waals surface area contributed by atoms with Gasteiger partial charge in [-0.05, 0) is 42.0 Å². The molecule has 1 heterocycles. The zero-order valence-corrected chi connectivity index (χ0v) is 18.3. The fourth-order valence-electron chi connectivity index (χ4n) is 3.31. The molecule has 158 valence electrons. The first-order chi connectivity index (χ1) is 14.8. The number of hydrogen-bond acceptors (Lipinski definition) is 3. The molecule has 0 aliphatic carbocycles. The summed E-state index contributed by atoms with van der Waals surface area (Å²) in [5.74, 6) is 0. The molecular weight excluding hydrogens is 488 g/mol. The van der Waals surface area contributed by atoms with Gasteiger partial charge in [-0.2, -0.15) is 5.10 Å². The second-order valence-electron chi connectivity index (χ2n) is 6.73. The molecule has 4 aromatic rings. The fourth-order valence-corrected chi connectivity index (χ4v) is 4.09. The summed E-state index contributed by atoms with van der Waals surface area (Å²) in [6.45, 7) is 0. The monoisotopic (exact) mass is 503 g/mol. The first-order valence-electron chi connectivity index (χ1n) is 9.11. The Bertz CT molecular complexity index is 1320. The molecule has 3 aromatic carbocycles. The van der Waals surface area contributed by atoms with Gasteiger partial charge in [0.15, 0.2) is 0 Å². The number of sulfonamides is 1. The van der Waals surface area contributed by atoms with E-state index >= 15 is 0 Å². The predicted octanol–water partition coefficient (Wildman–Crippen LogP) is 5.55. The normalized spacial score (nSPS) is 11.8. The number of benzene rings is 3. The molecule has 5 nitrogen and oxygen atoms in total. The van der Waals surface area contributed by atoms with Gasteiger partial charge >= 0.3 is 0 Å². The molecule has 9 heteroatoms. The van der Waals surface area contributed by atoms with Gasteiger partial charge < -0.3 is 0 Å². The summed E-state index contributed by atoms with van der Waals surface area (Å²) in [5, 5.41) is 9.43. The zero-order chi connectivity index (χ0) is 22.2. The van der Waals surface area contributed by atoms with Crippen LogP contribution in [0.3, 0.4) is 0 Å². The standard InChI is InChI=1S/C22H16BrF2N3O2S/c23-16-10-6-14(7-11-16)19-20(22(24)25)27-28(17-4-2-1-3-5-17)21(19)15-8-12-18(13-9-15)31(26,29)30/h1-13,22H,(H2,26,29,30). The van der Waals surface area contributed by atoms with E-state index in [4.69, 9.17) is 5.14 Å². The van der Waals surface area contributed by atoms with Gasteiger partial charge in [0, 0.05) is 15.6 Å². The van der Waals surface area contributed by atoms with E-state index in [1.807, 2.05) is 6.07 Å². The van der Waals surface area contributed by atoms with Gasteiger partial charge in [0.05, 0.1) is 16.3 Å². The molecule has 0 unspecified atom stereocenters. The Balaban J connectivity index is 2.04. The first kappa shape index (κ1) is 21.4. The predicted molar refractivity (Wildman–Crippen MR) is 118 cm³/mol. The number of nitrogens with two attached hydrogens (primary N) is 1. The van der Waals surface area contributed by atoms with Gasteiger partial charge in [0.25, 0.3) is 6.43 Å². The molecule has 0 fully saturated rings. The number of halogens is 3. The van der Waals surface area contributed by atoms with E-state index in [2.05, 4.69) is 21.0 Å². The van der Waals surface area contributed by atoms with E-state index in [1.165, 1.54) is 28.9 Å². The molecule has 0 bridgehead atoms. The Morgan fingerprint density at radius 1 is 0.871 bits per heavy atom. The molecule has 2 N–H and O–H groups in total. The van der Waals surface area contributed by atoms with Gasteiger partial charge in [-0.25, -0.2) is 27.0 Å². The molecule has 0 amide bonds. The molecule has 0 atom stereocenters. The molecule has 31 heavy (non-hydrogen) atoms. The van der Waals surface area contributed by atoms with Crippen molar-refractivity contribution in [2.45, 2.75) is 11.3 Å². The van der Waals surface area contributed by atoms with Crippen molar-refractivity contribution < 1.29 is 17.2 Å². The lowest BCUT2D eigenvalue weighted by Gasteiger charge is -2.11. The van der Waals surface area contributed by atoms with Crippen LogP contribution in [-0.2, 0) is 10.0 Å². The molecule has 0 saturated heterocycles. The topological polar surface area (TPSA) is 78.0 Å². The average Bonchev–Trinajstić information content (AvgIpc) is 3.15. The maximum Gasteiger partial charge on any atom is 0.282 e. The number of alkyl halides is 2. The maximum absolute atomic E-state index is 14.1. The van der Waals surface area contributed by atoms with Crippen LogP contribution in [0.4, 0.5) is 8.78 Å². The Labute approximate surface area is 186 Å². The highest BCUT2D eigenvalue weighted by molar-refractivity contribution is 9.10. The summed E-state index contributed by atoms with van der Waals surface area (Å²) in [6.07, 6.45) is -2.81. The quantitative estimate of drug-likeness (QED) is 0.387. The van der Waals surface area contributed by atoms with Crippen molar-refractivity contribution in [1.29, 1.82) is 0 Å². The van der Waals surface area contributed by atoms with Crippen LogP contribution in [0.2, 0.25) is 0 Å². The van der Waals surface area contributed by atoms with E-state index in [0.717, 1.165) is 4.47 Å². The summed E-state index contributed by atoms with van der Waals surface area (Å²) in [4.78, 5) is -0.0682. The Morgan fingerprint density at radius 3 is 2.00 bits per heavy atom. The van der Waals surface area contributed by atoms with Crippen LogP contribution in [0, 0.1) is 0 Å². The number of primary sulfonamides is 1. The summed E-state index contributed by atoms with van der Waals surface area (Å²) in [7, 11) is -3.89. The number of aromatic nitrogens is 2. The molecule has 0 aliphatic rings. The Morgan fingerprint density at radius 2 is 1.45 bits per heavy atom. The lowest BCUT2D eigenvalue weighted by Crippen LogP contribution is -2.11. The Hall–Kier alpha value is -2.88. The molecular formula is C22H16BrF2N3O2S. The van der Waals surface area contributed by atoms with E-state index in [0.29, 0.717) is 22.5 Å². The number of rotatable bonds is 5. The van der Waals surface area contributed by atoms with Crippen LogP contribution in [-0.4, -0.2) is 18.2 Å². The largest absolute Gasteiger partial charge is 0.282 e. The minimum atomic E-state index is -3.89. The van der Waals surface area contributed by atoms with Crippen molar-refractivity contribution in [3.8, 4) is 28.1 Å². The van der Waals surface area contributed by atoms with Crippen LogP contribution in [0.5, 0.6) is 0 Å². The molecule has 0 radical (unpaired) electrons. The minimum absolute atomic E-state index is 0.0682. The van der Waals surface area contributed by atoms with E-state index in [9.17, 15) is 17.2 Å². The smallest absolute Gasteiger partial charge is 0.232 e. The van der Waals surface area contributed by atoms with Crippen molar-refractivity contribution in [3.05, 3.63) is 89.0 Å². The summed E-state index contributed by atoms with van der Waals surface area (Å²) in [6, 6.07) is 21.6. The second kappa shape index (κ2) is 8.33. The van der Waals surface area contributed by atoms with Crippen molar-refractivity contribution in [1.82, 2.24) is 9.78 Å². The third-order valence-corrected chi connectivity index (χ3v) is 6.17. The van der Waals surface area contributed by atoms with Crippen LogP contribution in [0.1, 0.15) is 12.1 Å².